The Morgan fingerprint density at radius 2 is 2.24 bits per heavy atom. The lowest BCUT2D eigenvalue weighted by molar-refractivity contribution is -0.0216. The molecule has 0 radical (unpaired) electrons. The molecule has 1 aliphatic rings. The van der Waals surface area contributed by atoms with E-state index in [1.54, 1.807) is 13.4 Å². The Morgan fingerprint density at radius 1 is 1.53 bits per heavy atom. The van der Waals surface area contributed by atoms with Gasteiger partial charge in [-0.25, -0.2) is 9.97 Å². The van der Waals surface area contributed by atoms with Gasteiger partial charge in [0.05, 0.1) is 9.17 Å². The van der Waals surface area contributed by atoms with Gasteiger partial charge in [-0.3, -0.25) is 0 Å². The second-order valence-corrected chi connectivity index (χ2v) is 5.43. The van der Waals surface area contributed by atoms with Crippen molar-refractivity contribution in [1.82, 2.24) is 9.97 Å². The van der Waals surface area contributed by atoms with Crippen LogP contribution < -0.4 is 10.6 Å². The Bertz CT molecular complexity index is 373. The van der Waals surface area contributed by atoms with Crippen molar-refractivity contribution in [2.75, 3.05) is 31.6 Å². The Morgan fingerprint density at radius 3 is 2.76 bits per heavy atom. The predicted octanol–water partition coefficient (Wildman–Crippen LogP) is 1.03. The van der Waals surface area contributed by atoms with Crippen LogP contribution in [0.2, 0.25) is 0 Å². The van der Waals surface area contributed by atoms with Crippen molar-refractivity contribution in [3.8, 4) is 0 Å². The summed E-state index contributed by atoms with van der Waals surface area (Å²) in [6, 6.07) is 0. The molecule has 2 heterocycles. The van der Waals surface area contributed by atoms with E-state index in [0.29, 0.717) is 6.54 Å². The van der Waals surface area contributed by atoms with Gasteiger partial charge in [-0.15, -0.1) is 0 Å². The normalized spacial score (nSPS) is 19.4. The number of rotatable bonds is 3. The number of piperidine rings is 1. The van der Waals surface area contributed by atoms with Crippen molar-refractivity contribution < 1.29 is 4.74 Å². The first kappa shape index (κ1) is 13.0. The fraction of sp³-hybridized carbons (Fsp3) is 0.636. The lowest BCUT2D eigenvalue weighted by atomic mass is 9.91. The van der Waals surface area contributed by atoms with Gasteiger partial charge in [0.1, 0.15) is 12.1 Å². The molecule has 17 heavy (non-hydrogen) atoms. The van der Waals surface area contributed by atoms with Gasteiger partial charge in [0.2, 0.25) is 0 Å². The second kappa shape index (κ2) is 5.45. The van der Waals surface area contributed by atoms with E-state index in [1.165, 1.54) is 0 Å². The Labute approximate surface area is 115 Å². The number of hydrogen-bond donors (Lipinski definition) is 1. The highest BCUT2D eigenvalue weighted by atomic mass is 127. The van der Waals surface area contributed by atoms with Gasteiger partial charge in [0.15, 0.2) is 0 Å². The molecule has 0 aromatic carbocycles. The predicted molar refractivity (Wildman–Crippen MR) is 75.0 cm³/mol. The third kappa shape index (κ3) is 2.69. The van der Waals surface area contributed by atoms with Crippen molar-refractivity contribution in [2.45, 2.75) is 18.4 Å². The van der Waals surface area contributed by atoms with E-state index in [0.717, 1.165) is 35.3 Å². The molecule has 94 valence electrons. The van der Waals surface area contributed by atoms with Crippen LogP contribution in [0.4, 0.5) is 5.82 Å². The van der Waals surface area contributed by atoms with E-state index in [-0.39, 0.29) is 5.60 Å². The van der Waals surface area contributed by atoms with E-state index in [1.807, 2.05) is 6.20 Å². The van der Waals surface area contributed by atoms with Crippen LogP contribution in [0.1, 0.15) is 12.8 Å². The molecule has 1 saturated heterocycles. The minimum atomic E-state index is -0.144. The maximum absolute atomic E-state index is 5.79. The minimum absolute atomic E-state index is 0.144. The van der Waals surface area contributed by atoms with Crippen LogP contribution in [0.15, 0.2) is 12.5 Å². The topological polar surface area (TPSA) is 64.3 Å². The summed E-state index contributed by atoms with van der Waals surface area (Å²) in [6.07, 6.45) is 5.32. The van der Waals surface area contributed by atoms with E-state index >= 15 is 0 Å². The van der Waals surface area contributed by atoms with Gasteiger partial charge in [-0.1, -0.05) is 0 Å². The monoisotopic (exact) mass is 348 g/mol. The minimum Gasteiger partial charge on any atom is -0.377 e. The maximum atomic E-state index is 5.79. The van der Waals surface area contributed by atoms with Gasteiger partial charge in [-0.05, 0) is 35.4 Å². The van der Waals surface area contributed by atoms with E-state index < -0.39 is 0 Å². The van der Waals surface area contributed by atoms with Gasteiger partial charge in [0.25, 0.3) is 0 Å². The first-order valence-electron chi connectivity index (χ1n) is 5.66. The maximum Gasteiger partial charge on any atom is 0.145 e. The fourth-order valence-electron chi connectivity index (χ4n) is 2.16. The van der Waals surface area contributed by atoms with Crippen LogP contribution in [0.3, 0.4) is 0 Å². The third-order valence-corrected chi connectivity index (χ3v) is 4.19. The number of aromatic nitrogens is 2. The molecule has 0 aliphatic carbocycles. The summed E-state index contributed by atoms with van der Waals surface area (Å²) in [7, 11) is 1.75. The summed E-state index contributed by atoms with van der Waals surface area (Å²) >= 11 is 2.27. The van der Waals surface area contributed by atoms with Crippen LogP contribution >= 0.6 is 22.6 Å². The van der Waals surface area contributed by atoms with Gasteiger partial charge in [0, 0.05) is 32.9 Å². The van der Waals surface area contributed by atoms with Crippen molar-refractivity contribution in [3.05, 3.63) is 16.1 Å². The molecule has 2 N–H and O–H groups in total. The van der Waals surface area contributed by atoms with Crippen molar-refractivity contribution in [3.63, 3.8) is 0 Å². The lowest BCUT2D eigenvalue weighted by Crippen LogP contribution is -2.50. The zero-order valence-electron chi connectivity index (χ0n) is 9.90. The molecule has 6 heteroatoms. The quantitative estimate of drug-likeness (QED) is 0.827. The number of methoxy groups -OCH3 is 1. The smallest absolute Gasteiger partial charge is 0.145 e. The standard InChI is InChI=1S/C11H17IN4O/c1-17-11(7-13)2-4-16(5-3-11)10-9(12)6-14-8-15-10/h6,8H,2-5,7,13H2,1H3. The Kier molecular flexibility index (Phi) is 4.16. The van der Waals surface area contributed by atoms with Gasteiger partial charge >= 0.3 is 0 Å². The number of nitrogens with two attached hydrogens (primary N) is 1. The van der Waals surface area contributed by atoms with Gasteiger partial charge < -0.3 is 15.4 Å². The SMILES string of the molecule is COC1(CN)CCN(c2ncncc2I)CC1. The molecule has 1 aromatic heterocycles. The van der Waals surface area contributed by atoms with Crippen molar-refractivity contribution in [1.29, 1.82) is 0 Å². The molecule has 1 aliphatic heterocycles. The molecule has 0 saturated carbocycles. The summed E-state index contributed by atoms with van der Waals surface area (Å²) in [6.45, 7) is 2.44. The van der Waals surface area contributed by atoms with Crippen LogP contribution in [-0.2, 0) is 4.74 Å². The molecular weight excluding hydrogens is 331 g/mol. The summed E-state index contributed by atoms with van der Waals surface area (Å²) in [4.78, 5) is 10.6. The summed E-state index contributed by atoms with van der Waals surface area (Å²) in [5, 5.41) is 0. The molecule has 0 unspecified atom stereocenters. The molecule has 0 amide bonds. The van der Waals surface area contributed by atoms with Crippen LogP contribution in [-0.4, -0.2) is 42.3 Å². The fourth-order valence-corrected chi connectivity index (χ4v) is 2.80. The largest absolute Gasteiger partial charge is 0.377 e. The highest BCUT2D eigenvalue weighted by molar-refractivity contribution is 14.1. The highest BCUT2D eigenvalue weighted by Crippen LogP contribution is 2.28. The number of halogens is 1. The summed E-state index contributed by atoms with van der Waals surface area (Å²) in [5.74, 6) is 1.02. The van der Waals surface area contributed by atoms with Crippen LogP contribution in [0.25, 0.3) is 0 Å². The van der Waals surface area contributed by atoms with E-state index in [9.17, 15) is 0 Å². The van der Waals surface area contributed by atoms with Crippen LogP contribution in [0.5, 0.6) is 0 Å². The Hall–Kier alpha value is -0.470. The highest BCUT2D eigenvalue weighted by Gasteiger charge is 2.33. The molecule has 0 atom stereocenters. The average Bonchev–Trinajstić information content (AvgIpc) is 2.40. The number of anilines is 1. The molecular formula is C11H17IN4O. The molecule has 0 bridgehead atoms. The van der Waals surface area contributed by atoms with Crippen LogP contribution in [0, 0.1) is 3.57 Å². The molecule has 1 fully saturated rings. The average molecular weight is 348 g/mol. The van der Waals surface area contributed by atoms with Gasteiger partial charge in [-0.2, -0.15) is 0 Å². The van der Waals surface area contributed by atoms with E-state index in [2.05, 4.69) is 37.5 Å². The lowest BCUT2D eigenvalue weighted by Gasteiger charge is -2.40. The third-order valence-electron chi connectivity index (χ3n) is 3.43. The number of ether oxygens (including phenoxy) is 1. The molecule has 5 nitrogen and oxygen atoms in total. The second-order valence-electron chi connectivity index (χ2n) is 4.27. The molecule has 1 aromatic rings. The first-order chi connectivity index (χ1) is 8.21. The van der Waals surface area contributed by atoms with E-state index in [4.69, 9.17) is 10.5 Å². The zero-order chi connectivity index (χ0) is 12.3. The summed E-state index contributed by atoms with van der Waals surface area (Å²) in [5.41, 5.74) is 5.65. The summed E-state index contributed by atoms with van der Waals surface area (Å²) < 4.78 is 6.64. The van der Waals surface area contributed by atoms with Crippen molar-refractivity contribution >= 4 is 28.4 Å². The first-order valence-corrected chi connectivity index (χ1v) is 6.74. The number of hydrogen-bond acceptors (Lipinski definition) is 5. The number of nitrogens with zero attached hydrogens (tertiary/aromatic N) is 3. The zero-order valence-corrected chi connectivity index (χ0v) is 12.1. The Balaban J connectivity index is 2.07. The molecule has 2 rings (SSSR count). The molecule has 0 spiro atoms. The van der Waals surface area contributed by atoms with Crippen molar-refractivity contribution in [2.24, 2.45) is 5.73 Å².